The molecule has 1 saturated heterocycles. The van der Waals surface area contributed by atoms with Crippen molar-refractivity contribution in [3.05, 3.63) is 56.6 Å². The Hall–Kier alpha value is -2.69. The molecular formula is C17H15ClN2O5. The number of epoxide rings is 1. The van der Waals surface area contributed by atoms with E-state index >= 15 is 0 Å². The van der Waals surface area contributed by atoms with E-state index in [9.17, 15) is 20.2 Å². The van der Waals surface area contributed by atoms with Gasteiger partial charge in [-0.05, 0) is 25.5 Å². The van der Waals surface area contributed by atoms with Crippen LogP contribution in [0, 0.1) is 28.4 Å². The van der Waals surface area contributed by atoms with Crippen LogP contribution >= 0.6 is 11.6 Å². The first-order chi connectivity index (χ1) is 11.7. The lowest BCUT2D eigenvalue weighted by molar-refractivity contribution is -0.385. The van der Waals surface area contributed by atoms with Crippen LogP contribution in [0.2, 0.25) is 5.02 Å². The minimum Gasteiger partial charge on any atom is -0.487 e. The number of nitro groups is 1. The number of nitrogens with zero attached hydrogens (tertiary/aromatic N) is 2. The van der Waals surface area contributed by atoms with Crippen LogP contribution in [0.5, 0.6) is 0 Å². The van der Waals surface area contributed by atoms with Gasteiger partial charge in [-0.1, -0.05) is 24.3 Å². The van der Waals surface area contributed by atoms with Gasteiger partial charge in [-0.2, -0.15) is 5.26 Å². The van der Waals surface area contributed by atoms with Gasteiger partial charge in [0.25, 0.3) is 5.69 Å². The van der Waals surface area contributed by atoms with Crippen LogP contribution in [-0.2, 0) is 14.3 Å². The van der Waals surface area contributed by atoms with E-state index in [4.69, 9.17) is 21.1 Å². The van der Waals surface area contributed by atoms with Crippen molar-refractivity contribution in [2.75, 3.05) is 13.2 Å². The normalized spacial score (nSPS) is 19.4. The number of ether oxygens (including phenoxy) is 2. The summed E-state index contributed by atoms with van der Waals surface area (Å²) in [7, 11) is 0. The molecule has 0 bridgehead atoms. The maximum absolute atomic E-state index is 12.6. The molecule has 1 unspecified atom stereocenters. The van der Waals surface area contributed by atoms with Crippen LogP contribution in [0.3, 0.4) is 0 Å². The Kier molecular flexibility index (Phi) is 5.26. The predicted octanol–water partition coefficient (Wildman–Crippen LogP) is 3.35. The number of hydrogen-bond acceptors (Lipinski definition) is 6. The average Bonchev–Trinajstić information content (AvgIpc) is 3.32. The summed E-state index contributed by atoms with van der Waals surface area (Å²) in [5.74, 6) is -0.772. The van der Waals surface area contributed by atoms with E-state index in [2.05, 4.69) is 6.58 Å². The number of ketones is 1. The van der Waals surface area contributed by atoms with E-state index in [0.29, 0.717) is 5.56 Å². The molecule has 25 heavy (non-hydrogen) atoms. The number of rotatable bonds is 7. The first kappa shape index (κ1) is 18.6. The van der Waals surface area contributed by atoms with Crippen LogP contribution in [-0.4, -0.2) is 29.5 Å². The zero-order valence-electron chi connectivity index (χ0n) is 13.7. The number of halogens is 1. The standard InChI is InChI=1S/C17H15ClN2O5/c1-4-5-24-15(12(8-19)16(21)17(3)9-25-17)11-6-10(2)13(18)7-14(11)20(22)23/h4,6-7H,1,5,9H2,2-3H3/b15-12-. The largest absolute Gasteiger partial charge is 0.487 e. The van der Waals surface area contributed by atoms with Gasteiger partial charge in [0.2, 0.25) is 5.78 Å². The van der Waals surface area contributed by atoms with Crippen molar-refractivity contribution in [1.29, 1.82) is 5.26 Å². The third kappa shape index (κ3) is 3.71. The molecule has 0 amide bonds. The van der Waals surface area contributed by atoms with E-state index in [1.807, 2.05) is 0 Å². The summed E-state index contributed by atoms with van der Waals surface area (Å²) >= 11 is 5.97. The molecule has 2 rings (SSSR count). The van der Waals surface area contributed by atoms with Crippen LogP contribution in [0.1, 0.15) is 18.1 Å². The van der Waals surface area contributed by atoms with Crippen LogP contribution in [0.25, 0.3) is 5.76 Å². The van der Waals surface area contributed by atoms with E-state index in [-0.39, 0.29) is 40.8 Å². The highest BCUT2D eigenvalue weighted by atomic mass is 35.5. The molecule has 0 saturated carbocycles. The number of Topliss-reactive ketones (excluding diaryl/α,β-unsaturated/α-hetero) is 1. The van der Waals surface area contributed by atoms with Crippen molar-refractivity contribution < 1.29 is 19.2 Å². The zero-order chi connectivity index (χ0) is 18.8. The molecule has 130 valence electrons. The van der Waals surface area contributed by atoms with Gasteiger partial charge in [-0.15, -0.1) is 0 Å². The molecule has 1 aromatic carbocycles. The molecule has 0 N–H and O–H groups in total. The molecule has 1 atom stereocenters. The van der Waals surface area contributed by atoms with E-state index in [1.165, 1.54) is 12.1 Å². The molecule has 0 radical (unpaired) electrons. The molecule has 1 aliphatic heterocycles. The van der Waals surface area contributed by atoms with Crippen molar-refractivity contribution in [3.63, 3.8) is 0 Å². The molecule has 0 aliphatic carbocycles. The molecule has 7 nitrogen and oxygen atoms in total. The van der Waals surface area contributed by atoms with Crippen molar-refractivity contribution in [3.8, 4) is 6.07 Å². The summed E-state index contributed by atoms with van der Waals surface area (Å²) in [5.41, 5.74) is -1.27. The van der Waals surface area contributed by atoms with Crippen molar-refractivity contribution >= 4 is 28.8 Å². The zero-order valence-corrected chi connectivity index (χ0v) is 14.4. The highest BCUT2D eigenvalue weighted by molar-refractivity contribution is 6.31. The summed E-state index contributed by atoms with van der Waals surface area (Å²) in [6, 6.07) is 4.37. The van der Waals surface area contributed by atoms with E-state index in [1.54, 1.807) is 19.9 Å². The molecule has 1 heterocycles. The summed E-state index contributed by atoms with van der Waals surface area (Å²) in [6.45, 7) is 6.84. The SMILES string of the molecule is C=CCO/C(=C(/C#N)C(=O)C1(C)CO1)c1cc(C)c(Cl)cc1[N+](=O)[O-]. The van der Waals surface area contributed by atoms with E-state index in [0.717, 1.165) is 6.07 Å². The van der Waals surface area contributed by atoms with Gasteiger partial charge in [-0.25, -0.2) is 0 Å². The highest BCUT2D eigenvalue weighted by Gasteiger charge is 2.49. The lowest BCUT2D eigenvalue weighted by Crippen LogP contribution is -2.23. The Morgan fingerprint density at radius 1 is 1.64 bits per heavy atom. The Bertz CT molecular complexity index is 834. The van der Waals surface area contributed by atoms with Gasteiger partial charge >= 0.3 is 0 Å². The smallest absolute Gasteiger partial charge is 0.281 e. The molecule has 0 aromatic heterocycles. The third-order valence-corrected chi connectivity index (χ3v) is 4.09. The van der Waals surface area contributed by atoms with Crippen molar-refractivity contribution in [1.82, 2.24) is 0 Å². The number of carbonyl (C=O) groups excluding carboxylic acids is 1. The van der Waals surface area contributed by atoms with Gasteiger partial charge in [0.05, 0.1) is 22.1 Å². The second kappa shape index (κ2) is 7.05. The maximum atomic E-state index is 12.6. The Balaban J connectivity index is 2.73. The summed E-state index contributed by atoms with van der Waals surface area (Å²) in [6.07, 6.45) is 1.41. The van der Waals surface area contributed by atoms with Crippen molar-refractivity contribution in [2.45, 2.75) is 19.4 Å². The van der Waals surface area contributed by atoms with Crippen molar-refractivity contribution in [2.24, 2.45) is 0 Å². The van der Waals surface area contributed by atoms with Crippen LogP contribution < -0.4 is 0 Å². The Labute approximate surface area is 149 Å². The van der Waals surface area contributed by atoms with Crippen LogP contribution in [0.15, 0.2) is 30.4 Å². The second-order valence-electron chi connectivity index (χ2n) is 5.64. The number of benzene rings is 1. The first-order valence-corrected chi connectivity index (χ1v) is 7.64. The fourth-order valence-corrected chi connectivity index (χ4v) is 2.30. The molecule has 1 aliphatic rings. The number of nitro benzene ring substituents is 1. The van der Waals surface area contributed by atoms with Crippen LogP contribution in [0.4, 0.5) is 5.69 Å². The fraction of sp³-hybridized carbons (Fsp3) is 0.294. The van der Waals surface area contributed by atoms with Gasteiger partial charge in [0.1, 0.15) is 18.2 Å². The Morgan fingerprint density at radius 2 is 2.28 bits per heavy atom. The first-order valence-electron chi connectivity index (χ1n) is 7.27. The number of nitriles is 1. The Morgan fingerprint density at radius 3 is 2.76 bits per heavy atom. The second-order valence-corrected chi connectivity index (χ2v) is 6.05. The third-order valence-electron chi connectivity index (χ3n) is 3.69. The average molecular weight is 363 g/mol. The van der Waals surface area contributed by atoms with Gasteiger partial charge in [0.15, 0.2) is 11.4 Å². The summed E-state index contributed by atoms with van der Waals surface area (Å²) in [5, 5.41) is 21.1. The van der Waals surface area contributed by atoms with Gasteiger partial charge < -0.3 is 9.47 Å². The lowest BCUT2D eigenvalue weighted by Gasteiger charge is -2.14. The minimum absolute atomic E-state index is 0.00269. The number of hydrogen-bond donors (Lipinski definition) is 0. The minimum atomic E-state index is -1.11. The van der Waals surface area contributed by atoms with E-state index < -0.39 is 16.3 Å². The highest BCUT2D eigenvalue weighted by Crippen LogP contribution is 2.37. The number of aryl methyl sites for hydroxylation is 1. The molecular weight excluding hydrogens is 348 g/mol. The summed E-state index contributed by atoms with van der Waals surface area (Å²) < 4.78 is 10.6. The topological polar surface area (TPSA) is 106 Å². The predicted molar refractivity (Wildman–Crippen MR) is 90.9 cm³/mol. The monoisotopic (exact) mass is 362 g/mol. The maximum Gasteiger partial charge on any atom is 0.281 e. The number of carbonyl (C=O) groups is 1. The summed E-state index contributed by atoms with van der Waals surface area (Å²) in [4.78, 5) is 23.3. The quantitative estimate of drug-likeness (QED) is 0.140. The molecule has 1 fully saturated rings. The lowest BCUT2D eigenvalue weighted by atomic mass is 9.96. The van der Waals surface area contributed by atoms with Gasteiger partial charge in [-0.3, -0.25) is 14.9 Å². The fourth-order valence-electron chi connectivity index (χ4n) is 2.14. The van der Waals surface area contributed by atoms with Gasteiger partial charge in [0, 0.05) is 6.07 Å². The molecule has 1 aromatic rings. The molecule has 0 spiro atoms. The molecule has 8 heteroatoms.